The molecule has 4 rings (SSSR count). The standard InChI is InChI=1S/C20H16ClNO4/c1-12-8-15(14-4-2-3-5-17(14)22-12)20(23)26-11-13-9-16(21)19-18(10-13)24-6-7-25-19/h2-5,8-10H,6-7,11H2,1H3. The molecule has 0 saturated carbocycles. The van der Waals surface area contributed by atoms with Crippen LogP contribution in [-0.2, 0) is 11.3 Å². The zero-order chi connectivity index (χ0) is 18.1. The maximum atomic E-state index is 12.6. The summed E-state index contributed by atoms with van der Waals surface area (Å²) < 4.78 is 16.5. The summed E-state index contributed by atoms with van der Waals surface area (Å²) in [6.07, 6.45) is 0. The van der Waals surface area contributed by atoms with E-state index in [2.05, 4.69) is 4.98 Å². The number of para-hydroxylation sites is 1. The van der Waals surface area contributed by atoms with Gasteiger partial charge in [-0.15, -0.1) is 0 Å². The molecule has 0 bridgehead atoms. The van der Waals surface area contributed by atoms with Gasteiger partial charge in [-0.3, -0.25) is 4.98 Å². The summed E-state index contributed by atoms with van der Waals surface area (Å²) in [5.41, 5.74) is 2.76. The molecule has 6 heteroatoms. The Morgan fingerprint density at radius 2 is 2.00 bits per heavy atom. The molecule has 1 aliphatic rings. The zero-order valence-corrected chi connectivity index (χ0v) is 14.9. The summed E-state index contributed by atoms with van der Waals surface area (Å²) in [6, 6.07) is 12.7. The minimum Gasteiger partial charge on any atom is -0.486 e. The molecule has 0 spiro atoms. The number of nitrogens with zero attached hydrogens (tertiary/aromatic N) is 1. The highest BCUT2D eigenvalue weighted by Crippen LogP contribution is 2.38. The van der Waals surface area contributed by atoms with Gasteiger partial charge in [0.05, 0.1) is 16.1 Å². The highest BCUT2D eigenvalue weighted by atomic mass is 35.5. The third kappa shape index (κ3) is 3.18. The van der Waals surface area contributed by atoms with E-state index in [1.165, 1.54) is 0 Å². The highest BCUT2D eigenvalue weighted by Gasteiger charge is 2.18. The number of carbonyl (C=O) groups excluding carboxylic acids is 1. The lowest BCUT2D eigenvalue weighted by atomic mass is 10.1. The van der Waals surface area contributed by atoms with Gasteiger partial charge >= 0.3 is 5.97 Å². The van der Waals surface area contributed by atoms with Crippen LogP contribution in [0, 0.1) is 6.92 Å². The summed E-state index contributed by atoms with van der Waals surface area (Å²) in [4.78, 5) is 17.1. The Morgan fingerprint density at radius 3 is 2.88 bits per heavy atom. The summed E-state index contributed by atoms with van der Waals surface area (Å²) in [7, 11) is 0. The molecule has 0 unspecified atom stereocenters. The van der Waals surface area contributed by atoms with Crippen LogP contribution in [0.15, 0.2) is 42.5 Å². The normalized spacial score (nSPS) is 12.8. The molecule has 0 radical (unpaired) electrons. The van der Waals surface area contributed by atoms with Crippen LogP contribution in [0.25, 0.3) is 10.9 Å². The molecule has 26 heavy (non-hydrogen) atoms. The van der Waals surface area contributed by atoms with Gasteiger partial charge in [0.2, 0.25) is 0 Å². The zero-order valence-electron chi connectivity index (χ0n) is 14.1. The molecular weight excluding hydrogens is 354 g/mol. The van der Waals surface area contributed by atoms with E-state index in [4.69, 9.17) is 25.8 Å². The maximum Gasteiger partial charge on any atom is 0.339 e. The fraction of sp³-hybridized carbons (Fsp3) is 0.200. The minimum absolute atomic E-state index is 0.0882. The second kappa shape index (κ2) is 6.84. The number of halogens is 1. The van der Waals surface area contributed by atoms with Crippen molar-refractivity contribution in [3.05, 3.63) is 64.3 Å². The molecule has 3 aromatic rings. The predicted octanol–water partition coefficient (Wildman–Crippen LogP) is 4.32. The number of aryl methyl sites for hydroxylation is 1. The number of esters is 1. The van der Waals surface area contributed by atoms with Crippen molar-refractivity contribution in [1.29, 1.82) is 0 Å². The van der Waals surface area contributed by atoms with Gasteiger partial charge in [-0.2, -0.15) is 0 Å². The lowest BCUT2D eigenvalue weighted by molar-refractivity contribution is 0.0474. The molecule has 0 amide bonds. The third-order valence-corrected chi connectivity index (χ3v) is 4.37. The van der Waals surface area contributed by atoms with Crippen LogP contribution in [0.4, 0.5) is 0 Å². The monoisotopic (exact) mass is 369 g/mol. The number of pyridine rings is 1. The van der Waals surface area contributed by atoms with Crippen molar-refractivity contribution in [2.45, 2.75) is 13.5 Å². The molecule has 0 N–H and O–H groups in total. The van der Waals surface area contributed by atoms with E-state index in [1.807, 2.05) is 31.2 Å². The van der Waals surface area contributed by atoms with Crippen molar-refractivity contribution in [3.63, 3.8) is 0 Å². The molecule has 0 saturated heterocycles. The first-order valence-corrected chi connectivity index (χ1v) is 8.61. The lowest BCUT2D eigenvalue weighted by Gasteiger charge is -2.20. The number of carbonyl (C=O) groups is 1. The Kier molecular flexibility index (Phi) is 4.39. The van der Waals surface area contributed by atoms with E-state index < -0.39 is 5.97 Å². The topological polar surface area (TPSA) is 57.7 Å². The SMILES string of the molecule is Cc1cc(C(=O)OCc2cc(Cl)c3c(c2)OCCO3)c2ccccc2n1. The van der Waals surface area contributed by atoms with E-state index in [-0.39, 0.29) is 6.61 Å². The smallest absolute Gasteiger partial charge is 0.339 e. The van der Waals surface area contributed by atoms with E-state index in [0.29, 0.717) is 35.3 Å². The van der Waals surface area contributed by atoms with Crippen LogP contribution < -0.4 is 9.47 Å². The second-order valence-electron chi connectivity index (χ2n) is 6.01. The molecule has 2 aromatic carbocycles. The van der Waals surface area contributed by atoms with Crippen molar-refractivity contribution in [2.24, 2.45) is 0 Å². The maximum absolute atomic E-state index is 12.6. The molecule has 1 aromatic heterocycles. The molecule has 2 heterocycles. The van der Waals surface area contributed by atoms with Gasteiger partial charge in [-0.25, -0.2) is 4.79 Å². The Balaban J connectivity index is 1.57. The first kappa shape index (κ1) is 16.7. The van der Waals surface area contributed by atoms with Crippen molar-refractivity contribution in [3.8, 4) is 11.5 Å². The van der Waals surface area contributed by atoms with Gasteiger partial charge in [0.25, 0.3) is 0 Å². The Hall–Kier alpha value is -2.79. The fourth-order valence-corrected chi connectivity index (χ4v) is 3.24. The van der Waals surface area contributed by atoms with Gasteiger partial charge in [0, 0.05) is 11.1 Å². The van der Waals surface area contributed by atoms with Crippen LogP contribution in [0.1, 0.15) is 21.6 Å². The Morgan fingerprint density at radius 1 is 1.19 bits per heavy atom. The number of aromatic nitrogens is 1. The van der Waals surface area contributed by atoms with Crippen molar-refractivity contribution in [2.75, 3.05) is 13.2 Å². The summed E-state index contributed by atoms with van der Waals surface area (Å²) in [6.45, 7) is 2.87. The van der Waals surface area contributed by atoms with Gasteiger partial charge in [0.1, 0.15) is 19.8 Å². The molecule has 0 aliphatic carbocycles. The van der Waals surface area contributed by atoms with E-state index in [0.717, 1.165) is 22.2 Å². The fourth-order valence-electron chi connectivity index (χ4n) is 2.95. The van der Waals surface area contributed by atoms with Gasteiger partial charge < -0.3 is 14.2 Å². The van der Waals surface area contributed by atoms with Crippen LogP contribution in [0.3, 0.4) is 0 Å². The molecule has 5 nitrogen and oxygen atoms in total. The summed E-state index contributed by atoms with van der Waals surface area (Å²) in [5.74, 6) is 0.696. The second-order valence-corrected chi connectivity index (χ2v) is 6.41. The van der Waals surface area contributed by atoms with Crippen LogP contribution in [0.2, 0.25) is 5.02 Å². The number of fused-ring (bicyclic) bond motifs is 2. The Labute approximate surface area is 155 Å². The Bertz CT molecular complexity index is 1000. The number of benzene rings is 2. The number of hydrogen-bond donors (Lipinski definition) is 0. The molecule has 132 valence electrons. The predicted molar refractivity (Wildman–Crippen MR) is 98.0 cm³/mol. The first-order chi connectivity index (χ1) is 12.6. The molecule has 1 aliphatic heterocycles. The van der Waals surface area contributed by atoms with E-state index in [9.17, 15) is 4.79 Å². The highest BCUT2D eigenvalue weighted by molar-refractivity contribution is 6.32. The largest absolute Gasteiger partial charge is 0.486 e. The first-order valence-electron chi connectivity index (χ1n) is 8.23. The number of ether oxygens (including phenoxy) is 3. The molecule has 0 atom stereocenters. The molecule has 0 fully saturated rings. The molecular formula is C20H16ClNO4. The lowest BCUT2D eigenvalue weighted by Crippen LogP contribution is -2.16. The number of rotatable bonds is 3. The van der Waals surface area contributed by atoms with Crippen molar-refractivity contribution in [1.82, 2.24) is 4.98 Å². The van der Waals surface area contributed by atoms with Crippen LogP contribution in [-0.4, -0.2) is 24.2 Å². The summed E-state index contributed by atoms with van der Waals surface area (Å²) >= 11 is 6.22. The quantitative estimate of drug-likeness (QED) is 0.643. The average Bonchev–Trinajstić information content (AvgIpc) is 2.65. The number of hydrogen-bond acceptors (Lipinski definition) is 5. The van der Waals surface area contributed by atoms with Crippen LogP contribution in [0.5, 0.6) is 11.5 Å². The minimum atomic E-state index is -0.405. The average molecular weight is 370 g/mol. The van der Waals surface area contributed by atoms with Crippen molar-refractivity contribution >= 4 is 28.5 Å². The van der Waals surface area contributed by atoms with Gasteiger partial charge in [-0.1, -0.05) is 29.8 Å². The van der Waals surface area contributed by atoms with Crippen molar-refractivity contribution < 1.29 is 19.0 Å². The van der Waals surface area contributed by atoms with Gasteiger partial charge in [-0.05, 0) is 36.8 Å². The van der Waals surface area contributed by atoms with E-state index >= 15 is 0 Å². The third-order valence-electron chi connectivity index (χ3n) is 4.09. The van der Waals surface area contributed by atoms with Crippen LogP contribution >= 0.6 is 11.6 Å². The summed E-state index contributed by atoms with van der Waals surface area (Å²) in [5, 5.41) is 1.21. The van der Waals surface area contributed by atoms with Gasteiger partial charge in [0.15, 0.2) is 11.5 Å². The van der Waals surface area contributed by atoms with E-state index in [1.54, 1.807) is 18.2 Å².